The minimum atomic E-state index is -0.264. The van der Waals surface area contributed by atoms with Gasteiger partial charge in [-0.15, -0.1) is 12.4 Å². The van der Waals surface area contributed by atoms with E-state index in [1.165, 1.54) is 0 Å². The molecule has 1 N–H and O–H groups in total. The normalized spacial score (nSPS) is 40.9. The molecule has 3 nitrogen and oxygen atoms in total. The first-order valence-corrected chi connectivity index (χ1v) is 5.07. The molecule has 2 heterocycles. The Kier molecular flexibility index (Phi) is 3.47. The van der Waals surface area contributed by atoms with Gasteiger partial charge in [-0.05, 0) is 33.6 Å². The summed E-state index contributed by atoms with van der Waals surface area (Å²) in [6.07, 6.45) is 2.50. The van der Waals surface area contributed by atoms with Crippen LogP contribution < -0.4 is 5.32 Å². The first kappa shape index (κ1) is 12.2. The van der Waals surface area contributed by atoms with E-state index in [0.29, 0.717) is 0 Å². The fourth-order valence-electron chi connectivity index (χ4n) is 2.26. The molecule has 2 saturated heterocycles. The van der Waals surface area contributed by atoms with Crippen molar-refractivity contribution in [1.82, 2.24) is 5.32 Å². The van der Waals surface area contributed by atoms with Gasteiger partial charge in [0.2, 0.25) is 0 Å². The first-order chi connectivity index (χ1) is 6.02. The molecule has 2 aliphatic heterocycles. The number of nitrogens with one attached hydrogen (secondary N) is 1. The zero-order valence-corrected chi connectivity index (χ0v) is 9.95. The molecule has 0 aliphatic carbocycles. The number of hydrogen-bond donors (Lipinski definition) is 1. The number of rotatable bonds is 1. The van der Waals surface area contributed by atoms with Gasteiger partial charge in [0.25, 0.3) is 0 Å². The van der Waals surface area contributed by atoms with E-state index in [4.69, 9.17) is 9.47 Å². The molecule has 2 aliphatic rings. The molecule has 0 bridgehead atoms. The monoisotopic (exact) mass is 221 g/mol. The summed E-state index contributed by atoms with van der Waals surface area (Å²) in [7, 11) is 0. The van der Waals surface area contributed by atoms with Crippen LogP contribution in [0.1, 0.15) is 33.6 Å². The highest BCUT2D eigenvalue weighted by atomic mass is 35.5. The van der Waals surface area contributed by atoms with Gasteiger partial charge in [-0.25, -0.2) is 0 Å². The predicted molar refractivity (Wildman–Crippen MR) is 57.8 cm³/mol. The smallest absolute Gasteiger partial charge is 0.143 e. The van der Waals surface area contributed by atoms with Crippen molar-refractivity contribution in [2.75, 3.05) is 13.2 Å². The lowest BCUT2D eigenvalue weighted by Gasteiger charge is -2.31. The predicted octanol–water partition coefficient (Wildman–Crippen LogP) is 1.70. The van der Waals surface area contributed by atoms with Crippen molar-refractivity contribution < 1.29 is 9.47 Å². The standard InChI is InChI=1S/C10H19NO2.ClH/c1-9(2)7-13-10(3,11-9)8-5-4-6-12-8;/h8,11H,4-7H2,1-3H3;1H. The van der Waals surface area contributed by atoms with Crippen molar-refractivity contribution in [2.24, 2.45) is 0 Å². The number of hydrogen-bond acceptors (Lipinski definition) is 3. The van der Waals surface area contributed by atoms with Gasteiger partial charge >= 0.3 is 0 Å². The van der Waals surface area contributed by atoms with Crippen LogP contribution in [0, 0.1) is 0 Å². The average molecular weight is 222 g/mol. The van der Waals surface area contributed by atoms with Crippen LogP contribution in [-0.4, -0.2) is 30.6 Å². The van der Waals surface area contributed by atoms with Gasteiger partial charge in [0.05, 0.1) is 12.7 Å². The Balaban J connectivity index is 0.000000980. The highest BCUT2D eigenvalue weighted by Crippen LogP contribution is 2.31. The number of ether oxygens (including phenoxy) is 2. The average Bonchev–Trinajstić information content (AvgIpc) is 2.58. The SMILES string of the molecule is CC1(C)COC(C)(C2CCCO2)N1.Cl. The second kappa shape index (κ2) is 3.97. The highest BCUT2D eigenvalue weighted by molar-refractivity contribution is 5.85. The van der Waals surface area contributed by atoms with Crippen molar-refractivity contribution in [2.45, 2.75) is 51.0 Å². The summed E-state index contributed by atoms with van der Waals surface area (Å²) >= 11 is 0. The lowest BCUT2D eigenvalue weighted by Crippen LogP contribution is -2.53. The Bertz CT molecular complexity index is 204. The maximum Gasteiger partial charge on any atom is 0.143 e. The zero-order valence-electron chi connectivity index (χ0n) is 9.13. The Morgan fingerprint density at radius 2 is 2.00 bits per heavy atom. The van der Waals surface area contributed by atoms with E-state index in [1.54, 1.807) is 0 Å². The third-order valence-electron chi connectivity index (χ3n) is 2.86. The minimum Gasteiger partial charge on any atom is -0.374 e. The molecular formula is C10H20ClNO2. The quantitative estimate of drug-likeness (QED) is 0.731. The third-order valence-corrected chi connectivity index (χ3v) is 2.86. The minimum absolute atomic E-state index is 0. The van der Waals surface area contributed by atoms with Crippen LogP contribution in [0.3, 0.4) is 0 Å². The zero-order chi connectivity index (χ0) is 9.53. The number of halogens is 1. The topological polar surface area (TPSA) is 30.5 Å². The molecular weight excluding hydrogens is 202 g/mol. The molecule has 0 amide bonds. The van der Waals surface area contributed by atoms with Gasteiger partial charge in [-0.3, -0.25) is 5.32 Å². The fraction of sp³-hybridized carbons (Fsp3) is 1.00. The first-order valence-electron chi connectivity index (χ1n) is 5.07. The molecule has 2 unspecified atom stereocenters. The molecule has 0 aromatic rings. The van der Waals surface area contributed by atoms with E-state index in [9.17, 15) is 0 Å². The maximum atomic E-state index is 5.80. The molecule has 2 atom stereocenters. The summed E-state index contributed by atoms with van der Waals surface area (Å²) in [6, 6.07) is 0. The van der Waals surface area contributed by atoms with Gasteiger partial charge in [-0.1, -0.05) is 0 Å². The van der Waals surface area contributed by atoms with Crippen molar-refractivity contribution in [1.29, 1.82) is 0 Å². The molecule has 0 aromatic heterocycles. The fourth-order valence-corrected chi connectivity index (χ4v) is 2.26. The summed E-state index contributed by atoms with van der Waals surface area (Å²) in [4.78, 5) is 0. The molecule has 84 valence electrons. The van der Waals surface area contributed by atoms with Crippen LogP contribution in [0.2, 0.25) is 0 Å². The maximum absolute atomic E-state index is 5.80. The molecule has 2 rings (SSSR count). The van der Waals surface area contributed by atoms with Gasteiger partial charge in [0, 0.05) is 12.1 Å². The Morgan fingerprint density at radius 3 is 2.43 bits per heavy atom. The molecule has 0 radical (unpaired) electrons. The van der Waals surface area contributed by atoms with Crippen molar-refractivity contribution in [3.63, 3.8) is 0 Å². The third kappa shape index (κ3) is 2.22. The second-order valence-corrected chi connectivity index (χ2v) is 4.91. The lowest BCUT2D eigenvalue weighted by molar-refractivity contribution is -0.0976. The second-order valence-electron chi connectivity index (χ2n) is 4.91. The van der Waals surface area contributed by atoms with Gasteiger partial charge in [0.1, 0.15) is 5.72 Å². The van der Waals surface area contributed by atoms with Crippen LogP contribution in [0.25, 0.3) is 0 Å². The van der Waals surface area contributed by atoms with Crippen LogP contribution >= 0.6 is 12.4 Å². The van der Waals surface area contributed by atoms with Gasteiger partial charge in [0.15, 0.2) is 0 Å². The summed E-state index contributed by atoms with van der Waals surface area (Å²) in [5.74, 6) is 0. The Labute approximate surface area is 91.9 Å². The van der Waals surface area contributed by atoms with E-state index in [-0.39, 0.29) is 29.8 Å². The molecule has 0 spiro atoms. The van der Waals surface area contributed by atoms with Crippen LogP contribution in [0.4, 0.5) is 0 Å². The summed E-state index contributed by atoms with van der Waals surface area (Å²) in [5, 5.41) is 3.50. The lowest BCUT2D eigenvalue weighted by atomic mass is 10.0. The molecule has 4 heteroatoms. The Hall–Kier alpha value is 0.170. The highest BCUT2D eigenvalue weighted by Gasteiger charge is 2.47. The van der Waals surface area contributed by atoms with Gasteiger partial charge < -0.3 is 9.47 Å². The molecule has 0 saturated carbocycles. The van der Waals surface area contributed by atoms with E-state index >= 15 is 0 Å². The van der Waals surface area contributed by atoms with Crippen LogP contribution in [0.5, 0.6) is 0 Å². The summed E-state index contributed by atoms with van der Waals surface area (Å²) in [5.41, 5.74) is -0.180. The van der Waals surface area contributed by atoms with E-state index in [0.717, 1.165) is 26.1 Å². The molecule has 14 heavy (non-hydrogen) atoms. The van der Waals surface area contributed by atoms with Crippen LogP contribution in [-0.2, 0) is 9.47 Å². The van der Waals surface area contributed by atoms with E-state index < -0.39 is 0 Å². The van der Waals surface area contributed by atoms with E-state index in [1.807, 2.05) is 0 Å². The molecule has 0 aromatic carbocycles. The van der Waals surface area contributed by atoms with E-state index in [2.05, 4.69) is 26.1 Å². The van der Waals surface area contributed by atoms with Gasteiger partial charge in [-0.2, -0.15) is 0 Å². The summed E-state index contributed by atoms with van der Waals surface area (Å²) < 4.78 is 11.4. The van der Waals surface area contributed by atoms with Crippen molar-refractivity contribution in [3.8, 4) is 0 Å². The Morgan fingerprint density at radius 1 is 1.29 bits per heavy atom. The largest absolute Gasteiger partial charge is 0.374 e. The van der Waals surface area contributed by atoms with Crippen molar-refractivity contribution in [3.05, 3.63) is 0 Å². The van der Waals surface area contributed by atoms with Crippen LogP contribution in [0.15, 0.2) is 0 Å². The molecule has 2 fully saturated rings. The summed E-state index contributed by atoms with van der Waals surface area (Å²) in [6.45, 7) is 8.06. The van der Waals surface area contributed by atoms with Crippen molar-refractivity contribution >= 4 is 12.4 Å².